The summed E-state index contributed by atoms with van der Waals surface area (Å²) >= 11 is 3.38. The predicted octanol–water partition coefficient (Wildman–Crippen LogP) is 2.98. The lowest BCUT2D eigenvalue weighted by Gasteiger charge is -2.26. The van der Waals surface area contributed by atoms with Crippen LogP contribution < -0.4 is 11.1 Å². The first-order chi connectivity index (χ1) is 10.00. The summed E-state index contributed by atoms with van der Waals surface area (Å²) in [6, 6.07) is 7.55. The molecule has 0 spiro atoms. The maximum Gasteiger partial charge on any atom is 0.244 e. The molecule has 1 heterocycles. The van der Waals surface area contributed by atoms with Gasteiger partial charge < -0.3 is 15.8 Å². The Morgan fingerprint density at radius 2 is 1.95 bits per heavy atom. The monoisotopic (exact) mass is 390 g/mol. The molecule has 1 aromatic rings. The summed E-state index contributed by atoms with van der Waals surface area (Å²) in [5.74, 6) is 0.521. The van der Waals surface area contributed by atoms with Crippen molar-refractivity contribution in [3.8, 4) is 0 Å². The van der Waals surface area contributed by atoms with Gasteiger partial charge in [-0.2, -0.15) is 0 Å². The molecule has 0 radical (unpaired) electrons. The first kappa shape index (κ1) is 19.4. The summed E-state index contributed by atoms with van der Waals surface area (Å²) in [6.45, 7) is 4.10. The van der Waals surface area contributed by atoms with E-state index in [-0.39, 0.29) is 18.3 Å². The normalized spacial score (nSPS) is 18.1. The summed E-state index contributed by atoms with van der Waals surface area (Å²) in [5, 5.41) is 2.97. The highest BCUT2D eigenvalue weighted by Gasteiger charge is 2.30. The van der Waals surface area contributed by atoms with E-state index in [1.165, 1.54) is 0 Å². The van der Waals surface area contributed by atoms with Crippen molar-refractivity contribution in [2.45, 2.75) is 31.7 Å². The number of amides is 1. The molecule has 0 saturated carbocycles. The molecule has 1 atom stereocenters. The van der Waals surface area contributed by atoms with E-state index in [1.54, 1.807) is 6.92 Å². The summed E-state index contributed by atoms with van der Waals surface area (Å²) in [4.78, 5) is 12.3. The summed E-state index contributed by atoms with van der Waals surface area (Å²) < 4.78 is 6.31. The molecule has 0 aliphatic carbocycles. The van der Waals surface area contributed by atoms with Gasteiger partial charge in [-0.15, -0.1) is 12.4 Å². The van der Waals surface area contributed by atoms with Crippen LogP contribution >= 0.6 is 28.3 Å². The molecular formula is C16H24BrClN2O2. The third kappa shape index (κ3) is 5.23. The fourth-order valence-corrected chi connectivity index (χ4v) is 2.80. The van der Waals surface area contributed by atoms with Crippen LogP contribution in [0, 0.1) is 5.92 Å². The van der Waals surface area contributed by atoms with E-state index in [0.29, 0.717) is 12.5 Å². The first-order valence-corrected chi connectivity index (χ1v) is 8.20. The van der Waals surface area contributed by atoms with Crippen LogP contribution in [0.3, 0.4) is 0 Å². The van der Waals surface area contributed by atoms with Crippen LogP contribution in [0.4, 0.5) is 0 Å². The van der Waals surface area contributed by atoms with E-state index in [1.807, 2.05) is 24.3 Å². The van der Waals surface area contributed by atoms with Crippen LogP contribution in [0.1, 0.15) is 31.7 Å². The van der Waals surface area contributed by atoms with Crippen LogP contribution in [0.2, 0.25) is 0 Å². The Bertz CT molecular complexity index is 474. The van der Waals surface area contributed by atoms with E-state index in [0.717, 1.165) is 42.5 Å². The van der Waals surface area contributed by atoms with Crippen molar-refractivity contribution in [1.29, 1.82) is 0 Å². The molecule has 4 nitrogen and oxygen atoms in total. The summed E-state index contributed by atoms with van der Waals surface area (Å²) in [6.07, 6.45) is 3.16. The number of hydrogen-bond acceptors (Lipinski definition) is 3. The van der Waals surface area contributed by atoms with Crippen LogP contribution in [0.5, 0.6) is 0 Å². The number of carbonyl (C=O) groups excluding carboxylic acids is 1. The van der Waals surface area contributed by atoms with Gasteiger partial charge in [0.05, 0.1) is 0 Å². The lowest BCUT2D eigenvalue weighted by atomic mass is 9.92. The first-order valence-electron chi connectivity index (χ1n) is 7.41. The van der Waals surface area contributed by atoms with Crippen molar-refractivity contribution in [2.24, 2.45) is 11.7 Å². The maximum absolute atomic E-state index is 12.3. The second kappa shape index (κ2) is 8.87. The zero-order chi connectivity index (χ0) is 15.3. The number of ether oxygens (including phenoxy) is 1. The molecule has 124 valence electrons. The summed E-state index contributed by atoms with van der Waals surface area (Å²) in [5.41, 5.74) is 6.01. The molecule has 2 rings (SSSR count). The minimum atomic E-state index is -1.00. The van der Waals surface area contributed by atoms with Crippen molar-refractivity contribution in [2.75, 3.05) is 19.8 Å². The predicted molar refractivity (Wildman–Crippen MR) is 94.1 cm³/mol. The molecule has 1 fully saturated rings. The van der Waals surface area contributed by atoms with E-state index in [2.05, 4.69) is 21.2 Å². The van der Waals surface area contributed by atoms with Gasteiger partial charge >= 0.3 is 0 Å². The average molecular weight is 392 g/mol. The maximum atomic E-state index is 12.3. The van der Waals surface area contributed by atoms with Gasteiger partial charge in [-0.3, -0.25) is 4.79 Å². The second-order valence-electron chi connectivity index (χ2n) is 5.81. The summed E-state index contributed by atoms with van der Waals surface area (Å²) in [7, 11) is 0. The molecule has 1 unspecified atom stereocenters. The Hall–Kier alpha value is -0.620. The van der Waals surface area contributed by atoms with Gasteiger partial charge in [-0.25, -0.2) is 0 Å². The van der Waals surface area contributed by atoms with Gasteiger partial charge in [0.15, 0.2) is 0 Å². The van der Waals surface area contributed by atoms with Gasteiger partial charge in [-0.05, 0) is 49.8 Å². The largest absolute Gasteiger partial charge is 0.381 e. The standard InChI is InChI=1S/C16H23BrN2O2.ClH/c1-16(18,13-2-4-14(17)5-3-13)15(20)19-9-6-12-7-10-21-11-8-12;/h2-5,12H,6-11,18H2,1H3,(H,19,20);1H. The van der Waals surface area contributed by atoms with E-state index >= 15 is 0 Å². The molecule has 1 aliphatic heterocycles. The Labute approximate surface area is 146 Å². The van der Waals surface area contributed by atoms with E-state index in [4.69, 9.17) is 10.5 Å². The van der Waals surface area contributed by atoms with Crippen molar-refractivity contribution < 1.29 is 9.53 Å². The van der Waals surface area contributed by atoms with Gasteiger partial charge in [-0.1, -0.05) is 28.1 Å². The smallest absolute Gasteiger partial charge is 0.244 e. The van der Waals surface area contributed by atoms with Crippen molar-refractivity contribution in [1.82, 2.24) is 5.32 Å². The zero-order valence-electron chi connectivity index (χ0n) is 12.8. The highest BCUT2D eigenvalue weighted by Crippen LogP contribution is 2.21. The molecule has 3 N–H and O–H groups in total. The highest BCUT2D eigenvalue weighted by molar-refractivity contribution is 9.10. The lowest BCUT2D eigenvalue weighted by Crippen LogP contribution is -2.49. The van der Waals surface area contributed by atoms with Gasteiger partial charge in [0.25, 0.3) is 0 Å². The van der Waals surface area contributed by atoms with Crippen molar-refractivity contribution in [3.05, 3.63) is 34.3 Å². The van der Waals surface area contributed by atoms with Gasteiger partial charge in [0, 0.05) is 24.2 Å². The fourth-order valence-electron chi connectivity index (χ4n) is 2.54. The Morgan fingerprint density at radius 1 is 1.36 bits per heavy atom. The molecular weight excluding hydrogens is 368 g/mol. The van der Waals surface area contributed by atoms with Crippen LogP contribution in [-0.2, 0) is 15.1 Å². The number of hydrogen-bond donors (Lipinski definition) is 2. The van der Waals surface area contributed by atoms with Crippen LogP contribution in [0.25, 0.3) is 0 Å². The van der Waals surface area contributed by atoms with Crippen LogP contribution in [-0.4, -0.2) is 25.7 Å². The fraction of sp³-hybridized carbons (Fsp3) is 0.562. The second-order valence-corrected chi connectivity index (χ2v) is 6.73. The number of nitrogens with one attached hydrogen (secondary N) is 1. The average Bonchev–Trinajstić information content (AvgIpc) is 2.48. The molecule has 1 aliphatic rings. The minimum absolute atomic E-state index is 0. The molecule has 1 amide bonds. The number of halogens is 2. The van der Waals surface area contributed by atoms with Crippen molar-refractivity contribution in [3.63, 3.8) is 0 Å². The minimum Gasteiger partial charge on any atom is -0.381 e. The Balaban J connectivity index is 0.00000242. The zero-order valence-corrected chi connectivity index (χ0v) is 15.2. The van der Waals surface area contributed by atoms with Gasteiger partial charge in [0.1, 0.15) is 5.54 Å². The lowest BCUT2D eigenvalue weighted by molar-refractivity contribution is -0.126. The van der Waals surface area contributed by atoms with Crippen LogP contribution in [0.15, 0.2) is 28.7 Å². The highest BCUT2D eigenvalue weighted by atomic mass is 79.9. The molecule has 6 heteroatoms. The third-order valence-electron chi connectivity index (χ3n) is 4.09. The molecule has 1 saturated heterocycles. The SMILES string of the molecule is CC(N)(C(=O)NCCC1CCOCC1)c1ccc(Br)cc1.Cl. The van der Waals surface area contributed by atoms with Crippen molar-refractivity contribution >= 4 is 34.2 Å². The number of nitrogens with two attached hydrogens (primary N) is 1. The van der Waals surface area contributed by atoms with E-state index < -0.39 is 5.54 Å². The molecule has 0 aromatic heterocycles. The number of rotatable bonds is 5. The van der Waals surface area contributed by atoms with E-state index in [9.17, 15) is 4.79 Å². The quantitative estimate of drug-likeness (QED) is 0.811. The molecule has 1 aromatic carbocycles. The third-order valence-corrected chi connectivity index (χ3v) is 4.62. The Morgan fingerprint density at radius 3 is 2.55 bits per heavy atom. The Kier molecular flexibility index (Phi) is 7.83. The topological polar surface area (TPSA) is 64.4 Å². The number of carbonyl (C=O) groups is 1. The van der Waals surface area contributed by atoms with Gasteiger partial charge in [0.2, 0.25) is 5.91 Å². The molecule has 0 bridgehead atoms. The molecule has 22 heavy (non-hydrogen) atoms. The number of benzene rings is 1.